The third kappa shape index (κ3) is 1.66. The van der Waals surface area contributed by atoms with Gasteiger partial charge in [0.05, 0.1) is 0 Å². The number of ether oxygens (including phenoxy) is 1. The highest BCUT2D eigenvalue weighted by Gasteiger charge is 2.58. The lowest BCUT2D eigenvalue weighted by molar-refractivity contribution is -0.212. The van der Waals surface area contributed by atoms with E-state index < -0.39 is 0 Å². The minimum absolute atomic E-state index is 0.00398. The van der Waals surface area contributed by atoms with Crippen LogP contribution in [0.3, 0.4) is 0 Å². The van der Waals surface area contributed by atoms with Gasteiger partial charge in [0, 0.05) is 0 Å². The fraction of sp³-hybridized carbons (Fsp3) is 0.562. The highest BCUT2D eigenvalue weighted by molar-refractivity contribution is 5.84. The Labute approximate surface area is 108 Å². The monoisotopic (exact) mass is 244 g/mol. The Bertz CT molecular complexity index is 456. The molecular weight excluding hydrogens is 224 g/mol. The minimum atomic E-state index is -0.206. The number of carbonyl (C=O) groups is 1. The number of benzene rings is 1. The Morgan fingerprint density at radius 2 is 1.78 bits per heavy atom. The molecule has 1 aliphatic heterocycles. The summed E-state index contributed by atoms with van der Waals surface area (Å²) in [5.74, 6) is 0.0395. The predicted octanol–water partition coefficient (Wildman–Crippen LogP) is 3.93. The van der Waals surface area contributed by atoms with Crippen LogP contribution in [0.15, 0.2) is 24.3 Å². The zero-order valence-electron chi connectivity index (χ0n) is 10.9. The van der Waals surface area contributed by atoms with Gasteiger partial charge in [0.25, 0.3) is 0 Å². The van der Waals surface area contributed by atoms with Gasteiger partial charge < -0.3 is 4.74 Å². The molecule has 1 aromatic carbocycles. The maximum Gasteiger partial charge on any atom is 0.316 e. The molecule has 1 heterocycles. The Morgan fingerprint density at radius 3 is 2.39 bits per heavy atom. The van der Waals surface area contributed by atoms with Gasteiger partial charge in [0.15, 0.2) is 0 Å². The largest absolute Gasteiger partial charge is 0.456 e. The van der Waals surface area contributed by atoms with Crippen molar-refractivity contribution in [2.24, 2.45) is 5.41 Å². The Kier molecular flexibility index (Phi) is 2.89. The zero-order valence-corrected chi connectivity index (χ0v) is 10.9. The molecule has 0 amide bonds. The average molecular weight is 244 g/mol. The van der Waals surface area contributed by atoms with E-state index in [9.17, 15) is 4.79 Å². The fourth-order valence-electron chi connectivity index (χ4n) is 3.45. The summed E-state index contributed by atoms with van der Waals surface area (Å²) >= 11 is 0. The molecule has 2 nitrogen and oxygen atoms in total. The van der Waals surface area contributed by atoms with Crippen molar-refractivity contribution in [3.63, 3.8) is 0 Å². The van der Waals surface area contributed by atoms with Gasteiger partial charge in [-0.2, -0.15) is 0 Å². The van der Waals surface area contributed by atoms with E-state index in [4.69, 9.17) is 4.74 Å². The molecule has 1 aromatic rings. The molecule has 18 heavy (non-hydrogen) atoms. The van der Waals surface area contributed by atoms with Crippen molar-refractivity contribution in [3.05, 3.63) is 35.4 Å². The summed E-state index contributed by atoms with van der Waals surface area (Å²) in [7, 11) is 0. The highest BCUT2D eigenvalue weighted by atomic mass is 16.6. The Hall–Kier alpha value is -1.31. The van der Waals surface area contributed by atoms with Gasteiger partial charge in [-0.05, 0) is 30.9 Å². The Morgan fingerprint density at radius 1 is 1.11 bits per heavy atom. The third-order valence-electron chi connectivity index (χ3n) is 4.60. The molecule has 0 N–H and O–H groups in total. The van der Waals surface area contributed by atoms with Crippen LogP contribution in [0.25, 0.3) is 0 Å². The van der Waals surface area contributed by atoms with Gasteiger partial charge in [-0.15, -0.1) is 0 Å². The number of hydrogen-bond acceptors (Lipinski definition) is 2. The first-order valence-electron chi connectivity index (χ1n) is 7.01. The first-order chi connectivity index (χ1) is 8.74. The molecule has 1 saturated carbocycles. The second-order valence-corrected chi connectivity index (χ2v) is 5.71. The maximum absolute atomic E-state index is 12.0. The van der Waals surface area contributed by atoms with E-state index >= 15 is 0 Å². The fourth-order valence-corrected chi connectivity index (χ4v) is 3.45. The number of carbonyl (C=O) groups excluding carboxylic acids is 1. The average Bonchev–Trinajstić information content (AvgIpc) is 2.65. The van der Waals surface area contributed by atoms with Gasteiger partial charge in [-0.3, -0.25) is 4.79 Å². The molecule has 0 bridgehead atoms. The van der Waals surface area contributed by atoms with Crippen molar-refractivity contribution < 1.29 is 9.53 Å². The molecule has 0 radical (unpaired) electrons. The molecule has 2 aliphatic rings. The number of esters is 1. The topological polar surface area (TPSA) is 26.3 Å². The summed E-state index contributed by atoms with van der Waals surface area (Å²) in [5.41, 5.74) is 2.24. The summed E-state index contributed by atoms with van der Waals surface area (Å²) in [5, 5.41) is 0. The van der Waals surface area contributed by atoms with Crippen molar-refractivity contribution in [1.29, 1.82) is 0 Å². The van der Waals surface area contributed by atoms with E-state index in [2.05, 4.69) is 19.1 Å². The molecule has 2 heteroatoms. The van der Waals surface area contributed by atoms with Crippen molar-refractivity contribution in [3.8, 4) is 0 Å². The van der Waals surface area contributed by atoms with E-state index in [0.29, 0.717) is 0 Å². The molecule has 3 rings (SSSR count). The minimum Gasteiger partial charge on any atom is -0.456 e. The zero-order chi connectivity index (χ0) is 12.6. The SMILES string of the molecule is Cc1ccccc1[C@@H]1OC(=O)C12CCCCCC2. The molecule has 1 saturated heterocycles. The Balaban J connectivity index is 1.93. The van der Waals surface area contributed by atoms with E-state index in [0.717, 1.165) is 25.7 Å². The summed E-state index contributed by atoms with van der Waals surface area (Å²) in [6.45, 7) is 2.10. The second-order valence-electron chi connectivity index (χ2n) is 5.71. The molecule has 0 aromatic heterocycles. The predicted molar refractivity (Wildman–Crippen MR) is 70.1 cm³/mol. The number of hydrogen-bond donors (Lipinski definition) is 0. The van der Waals surface area contributed by atoms with Crippen molar-refractivity contribution >= 4 is 5.97 Å². The van der Waals surface area contributed by atoms with Gasteiger partial charge in [-0.1, -0.05) is 49.9 Å². The summed E-state index contributed by atoms with van der Waals surface area (Å²) in [4.78, 5) is 12.0. The molecule has 1 atom stereocenters. The van der Waals surface area contributed by atoms with Crippen LogP contribution in [0.5, 0.6) is 0 Å². The van der Waals surface area contributed by atoms with Crippen LogP contribution >= 0.6 is 0 Å². The quantitative estimate of drug-likeness (QED) is 0.699. The van der Waals surface area contributed by atoms with Crippen LogP contribution in [0, 0.1) is 12.3 Å². The van der Waals surface area contributed by atoms with E-state index in [1.165, 1.54) is 24.0 Å². The van der Waals surface area contributed by atoms with Crippen LogP contribution in [0.4, 0.5) is 0 Å². The highest BCUT2D eigenvalue weighted by Crippen LogP contribution is 2.55. The number of aryl methyl sites for hydroxylation is 1. The van der Waals surface area contributed by atoms with Crippen molar-refractivity contribution in [2.75, 3.05) is 0 Å². The van der Waals surface area contributed by atoms with E-state index in [1.54, 1.807) is 0 Å². The molecule has 96 valence electrons. The summed E-state index contributed by atoms with van der Waals surface area (Å²) in [6, 6.07) is 8.29. The first kappa shape index (κ1) is 11.8. The second kappa shape index (κ2) is 4.42. The third-order valence-corrected chi connectivity index (χ3v) is 4.60. The smallest absolute Gasteiger partial charge is 0.316 e. The first-order valence-corrected chi connectivity index (χ1v) is 7.01. The van der Waals surface area contributed by atoms with E-state index in [1.807, 2.05) is 12.1 Å². The lowest BCUT2D eigenvalue weighted by Gasteiger charge is -2.47. The van der Waals surface area contributed by atoms with Gasteiger partial charge in [-0.25, -0.2) is 0 Å². The van der Waals surface area contributed by atoms with Crippen molar-refractivity contribution in [1.82, 2.24) is 0 Å². The lowest BCUT2D eigenvalue weighted by Crippen LogP contribution is -2.50. The summed E-state index contributed by atoms with van der Waals surface area (Å²) < 4.78 is 5.52. The van der Waals surface area contributed by atoms with Crippen LogP contribution in [0.1, 0.15) is 55.8 Å². The van der Waals surface area contributed by atoms with Gasteiger partial charge in [0.1, 0.15) is 11.5 Å². The van der Waals surface area contributed by atoms with Gasteiger partial charge in [0.2, 0.25) is 0 Å². The van der Waals surface area contributed by atoms with Crippen LogP contribution < -0.4 is 0 Å². The van der Waals surface area contributed by atoms with E-state index in [-0.39, 0.29) is 17.5 Å². The van der Waals surface area contributed by atoms with Crippen molar-refractivity contribution in [2.45, 2.75) is 51.6 Å². The molecule has 0 unspecified atom stereocenters. The number of rotatable bonds is 1. The summed E-state index contributed by atoms with van der Waals surface area (Å²) in [6.07, 6.45) is 6.86. The lowest BCUT2D eigenvalue weighted by atomic mass is 9.68. The standard InChI is InChI=1S/C16H20O2/c1-12-8-4-5-9-13(12)14-16(15(17)18-14)10-6-2-3-7-11-16/h4-5,8-9,14H,2-3,6-7,10-11H2,1H3/t14-/m0/s1. The molecule has 2 fully saturated rings. The van der Waals surface area contributed by atoms with Crippen LogP contribution in [0.2, 0.25) is 0 Å². The maximum atomic E-state index is 12.0. The normalized spacial score (nSPS) is 26.3. The van der Waals surface area contributed by atoms with Crippen LogP contribution in [-0.2, 0) is 9.53 Å². The molecule has 1 aliphatic carbocycles. The molecular formula is C16H20O2. The number of cyclic esters (lactones) is 1. The molecule has 1 spiro atoms. The van der Waals surface area contributed by atoms with Gasteiger partial charge >= 0.3 is 5.97 Å². The van der Waals surface area contributed by atoms with Crippen LogP contribution in [-0.4, -0.2) is 5.97 Å².